The molecule has 0 atom stereocenters. The number of anilines is 1. The van der Waals surface area contributed by atoms with Crippen molar-refractivity contribution >= 4 is 62.4 Å². The molecule has 0 aromatic heterocycles. The molecule has 6 heteroatoms. The zero-order chi connectivity index (χ0) is 19.7. The van der Waals surface area contributed by atoms with E-state index in [1.807, 2.05) is 54.6 Å². The van der Waals surface area contributed by atoms with Crippen LogP contribution in [-0.4, -0.2) is 5.91 Å². The maximum atomic E-state index is 12.3. The van der Waals surface area contributed by atoms with Crippen molar-refractivity contribution < 1.29 is 9.53 Å². The minimum Gasteiger partial charge on any atom is -0.488 e. The highest BCUT2D eigenvalue weighted by atomic mass is 79.9. The number of benzene rings is 3. The van der Waals surface area contributed by atoms with Gasteiger partial charge in [-0.1, -0.05) is 53.5 Å². The number of rotatable bonds is 4. The maximum Gasteiger partial charge on any atom is 0.256 e. The smallest absolute Gasteiger partial charge is 0.256 e. The lowest BCUT2D eigenvalue weighted by molar-refractivity contribution is -0.110. The monoisotopic (exact) mass is 473 g/mol. The molecule has 28 heavy (non-hydrogen) atoms. The van der Waals surface area contributed by atoms with E-state index in [1.54, 1.807) is 12.1 Å². The molecule has 1 amide bonds. The quantitative estimate of drug-likeness (QED) is 0.421. The number of carbonyl (C=O) groups is 1. The van der Waals surface area contributed by atoms with Crippen LogP contribution in [0.15, 0.2) is 65.1 Å². The predicted molar refractivity (Wildman–Crippen MR) is 118 cm³/mol. The van der Waals surface area contributed by atoms with Crippen molar-refractivity contribution in [1.29, 1.82) is 0 Å². The molecule has 0 saturated carbocycles. The Hall–Kier alpha value is -2.27. The lowest BCUT2D eigenvalue weighted by Gasteiger charge is -2.10. The van der Waals surface area contributed by atoms with Crippen LogP contribution in [0.25, 0.3) is 11.6 Å². The van der Waals surface area contributed by atoms with E-state index in [1.165, 1.54) is 0 Å². The third-order valence-corrected chi connectivity index (χ3v) is 5.58. The first-order valence-electron chi connectivity index (χ1n) is 8.50. The Morgan fingerprint density at radius 1 is 1.04 bits per heavy atom. The van der Waals surface area contributed by atoms with E-state index in [2.05, 4.69) is 21.2 Å². The molecule has 1 aliphatic rings. The Morgan fingerprint density at radius 3 is 2.64 bits per heavy atom. The number of ether oxygens (including phenoxy) is 1. The Morgan fingerprint density at radius 2 is 1.86 bits per heavy atom. The number of nitrogens with one attached hydrogen (secondary N) is 1. The van der Waals surface area contributed by atoms with Gasteiger partial charge in [0.2, 0.25) is 0 Å². The number of amides is 1. The van der Waals surface area contributed by atoms with Gasteiger partial charge in [-0.05, 0) is 57.9 Å². The third kappa shape index (κ3) is 3.95. The topological polar surface area (TPSA) is 38.3 Å². The summed E-state index contributed by atoms with van der Waals surface area (Å²) in [6.45, 7) is 0.324. The summed E-state index contributed by atoms with van der Waals surface area (Å²) >= 11 is 15.6. The molecule has 0 saturated heterocycles. The van der Waals surface area contributed by atoms with Gasteiger partial charge in [0.05, 0.1) is 4.47 Å². The average Bonchev–Trinajstić information content (AvgIpc) is 2.98. The van der Waals surface area contributed by atoms with E-state index in [0.29, 0.717) is 28.0 Å². The van der Waals surface area contributed by atoms with Crippen LogP contribution in [0.2, 0.25) is 10.0 Å². The van der Waals surface area contributed by atoms with Gasteiger partial charge in [0, 0.05) is 32.4 Å². The van der Waals surface area contributed by atoms with Gasteiger partial charge < -0.3 is 10.1 Å². The molecule has 3 aromatic carbocycles. The number of para-hydroxylation sites is 1. The molecule has 0 radical (unpaired) electrons. The van der Waals surface area contributed by atoms with Crippen molar-refractivity contribution in [2.45, 2.75) is 6.61 Å². The Bertz CT molecular complexity index is 1110. The summed E-state index contributed by atoms with van der Waals surface area (Å²) < 4.78 is 6.66. The first-order valence-corrected chi connectivity index (χ1v) is 10.0. The lowest BCUT2D eigenvalue weighted by Crippen LogP contribution is -2.03. The molecular weight excluding hydrogens is 461 g/mol. The van der Waals surface area contributed by atoms with Crippen LogP contribution in [0.5, 0.6) is 5.75 Å². The molecule has 1 heterocycles. The number of hydrogen-bond donors (Lipinski definition) is 1. The SMILES string of the molecule is O=C1Nc2ccccc2/C1=C/c1ccc(OCc2ccc(Cl)cc2Cl)c(Br)c1. The molecule has 140 valence electrons. The Balaban J connectivity index is 1.54. The zero-order valence-corrected chi connectivity index (χ0v) is 17.6. The van der Waals surface area contributed by atoms with Crippen LogP contribution in [0, 0.1) is 0 Å². The van der Waals surface area contributed by atoms with Crippen molar-refractivity contribution in [3.8, 4) is 5.75 Å². The molecule has 0 spiro atoms. The summed E-state index contributed by atoms with van der Waals surface area (Å²) in [7, 11) is 0. The van der Waals surface area contributed by atoms with Crippen LogP contribution in [0.4, 0.5) is 5.69 Å². The fourth-order valence-electron chi connectivity index (χ4n) is 2.97. The van der Waals surface area contributed by atoms with E-state index in [9.17, 15) is 4.79 Å². The van der Waals surface area contributed by atoms with Gasteiger partial charge in [-0.3, -0.25) is 4.79 Å². The van der Waals surface area contributed by atoms with Crippen LogP contribution in [-0.2, 0) is 11.4 Å². The van der Waals surface area contributed by atoms with E-state index < -0.39 is 0 Å². The van der Waals surface area contributed by atoms with E-state index in [4.69, 9.17) is 27.9 Å². The number of carbonyl (C=O) groups excluding carboxylic acids is 1. The summed E-state index contributed by atoms with van der Waals surface area (Å²) in [6.07, 6.45) is 1.87. The van der Waals surface area contributed by atoms with Crippen LogP contribution >= 0.6 is 39.1 Å². The van der Waals surface area contributed by atoms with Crippen LogP contribution in [0.1, 0.15) is 16.7 Å². The van der Waals surface area contributed by atoms with Gasteiger partial charge in [0.15, 0.2) is 0 Å². The van der Waals surface area contributed by atoms with Gasteiger partial charge in [-0.2, -0.15) is 0 Å². The number of hydrogen-bond acceptors (Lipinski definition) is 2. The van der Waals surface area contributed by atoms with Gasteiger partial charge in [0.1, 0.15) is 12.4 Å². The van der Waals surface area contributed by atoms with Gasteiger partial charge in [-0.15, -0.1) is 0 Å². The summed E-state index contributed by atoms with van der Waals surface area (Å²) in [4.78, 5) is 12.3. The normalized spacial score (nSPS) is 14.1. The van der Waals surface area contributed by atoms with E-state index in [0.717, 1.165) is 26.9 Å². The molecule has 3 aromatic rings. The van der Waals surface area contributed by atoms with Crippen molar-refractivity contribution in [2.75, 3.05) is 5.32 Å². The lowest BCUT2D eigenvalue weighted by atomic mass is 10.0. The zero-order valence-electron chi connectivity index (χ0n) is 14.5. The summed E-state index contributed by atoms with van der Waals surface area (Å²) in [5.41, 5.74) is 4.12. The van der Waals surface area contributed by atoms with Crippen molar-refractivity contribution in [1.82, 2.24) is 0 Å². The fourth-order valence-corrected chi connectivity index (χ4v) is 3.94. The van der Waals surface area contributed by atoms with Gasteiger partial charge in [-0.25, -0.2) is 0 Å². The summed E-state index contributed by atoms with van der Waals surface area (Å²) in [5, 5.41) is 4.03. The average molecular weight is 475 g/mol. The minimum atomic E-state index is -0.102. The summed E-state index contributed by atoms with van der Waals surface area (Å²) in [6, 6.07) is 18.6. The molecule has 1 N–H and O–H groups in total. The largest absolute Gasteiger partial charge is 0.488 e. The van der Waals surface area contributed by atoms with Crippen molar-refractivity contribution in [2.24, 2.45) is 0 Å². The highest BCUT2D eigenvalue weighted by molar-refractivity contribution is 9.10. The highest BCUT2D eigenvalue weighted by Gasteiger charge is 2.23. The molecule has 0 unspecified atom stereocenters. The molecule has 3 nitrogen and oxygen atoms in total. The van der Waals surface area contributed by atoms with Crippen LogP contribution in [0.3, 0.4) is 0 Å². The second-order valence-corrected chi connectivity index (χ2v) is 7.97. The molecular formula is C22H14BrCl2NO2. The molecule has 4 rings (SSSR count). The molecule has 0 aliphatic carbocycles. The minimum absolute atomic E-state index is 0.102. The highest BCUT2D eigenvalue weighted by Crippen LogP contribution is 2.34. The number of fused-ring (bicyclic) bond motifs is 1. The molecule has 0 fully saturated rings. The molecule has 0 bridgehead atoms. The van der Waals surface area contributed by atoms with Gasteiger partial charge in [0.25, 0.3) is 5.91 Å². The second-order valence-electron chi connectivity index (χ2n) is 6.27. The fraction of sp³-hybridized carbons (Fsp3) is 0.0455. The van der Waals surface area contributed by atoms with E-state index in [-0.39, 0.29) is 5.91 Å². The third-order valence-electron chi connectivity index (χ3n) is 4.38. The predicted octanol–water partition coefficient (Wildman–Crippen LogP) is 6.83. The van der Waals surface area contributed by atoms with Crippen molar-refractivity contribution in [3.05, 3.63) is 91.9 Å². The first-order chi connectivity index (χ1) is 13.5. The van der Waals surface area contributed by atoms with Crippen molar-refractivity contribution in [3.63, 3.8) is 0 Å². The first kappa shape index (κ1) is 19.1. The second kappa shape index (κ2) is 8.00. The Labute approximate surface area is 181 Å². The summed E-state index contributed by atoms with van der Waals surface area (Å²) in [5.74, 6) is 0.583. The van der Waals surface area contributed by atoms with E-state index >= 15 is 0 Å². The van der Waals surface area contributed by atoms with Crippen LogP contribution < -0.4 is 10.1 Å². The number of halogens is 3. The Kier molecular flexibility index (Phi) is 5.44. The maximum absolute atomic E-state index is 12.3. The van der Waals surface area contributed by atoms with Gasteiger partial charge >= 0.3 is 0 Å². The molecule has 1 aliphatic heterocycles. The standard InChI is InChI=1S/C22H14BrCl2NO2/c23-18-10-13(9-17-16-3-1-2-4-20(16)26-22(17)27)5-8-21(18)28-12-14-6-7-15(24)11-19(14)25/h1-11H,12H2,(H,26,27)/b17-9-.